The molecule has 1 atom stereocenters. The van der Waals surface area contributed by atoms with Gasteiger partial charge >= 0.3 is 0 Å². The van der Waals surface area contributed by atoms with Crippen molar-refractivity contribution in [3.05, 3.63) is 36.2 Å². The highest BCUT2D eigenvalue weighted by molar-refractivity contribution is 5.76. The Morgan fingerprint density at radius 1 is 1.56 bits per heavy atom. The molecule has 2 heterocycles. The average Bonchev–Trinajstić information content (AvgIpc) is 2.33. The number of hydrogen-bond acceptors (Lipinski definition) is 2. The van der Waals surface area contributed by atoms with Crippen LogP contribution in [0.3, 0.4) is 0 Å². The molecule has 84 valence electrons. The van der Waals surface area contributed by atoms with E-state index in [1.54, 1.807) is 11.0 Å². The molecule has 0 aromatic carbocycles. The first kappa shape index (κ1) is 10.9. The summed E-state index contributed by atoms with van der Waals surface area (Å²) in [4.78, 5) is 17.5. The third kappa shape index (κ3) is 2.13. The summed E-state index contributed by atoms with van der Waals surface area (Å²) in [6, 6.07) is 4.05. The predicted octanol–water partition coefficient (Wildman–Crippen LogP) is 2.06. The van der Waals surface area contributed by atoms with Gasteiger partial charge in [-0.3, -0.25) is 9.78 Å². The zero-order valence-corrected chi connectivity index (χ0v) is 9.52. The quantitative estimate of drug-likeness (QED) is 0.758. The molecule has 16 heavy (non-hydrogen) atoms. The van der Waals surface area contributed by atoms with Crippen molar-refractivity contribution >= 4 is 12.0 Å². The average molecular weight is 216 g/mol. The fraction of sp³-hybridized carbons (Fsp3) is 0.385. The maximum Gasteiger partial charge on any atom is 0.222 e. The summed E-state index contributed by atoms with van der Waals surface area (Å²) in [5.74, 6) is 0.668. The first-order valence-electron chi connectivity index (χ1n) is 5.53. The maximum atomic E-state index is 11.4. The molecule has 0 aliphatic carbocycles. The van der Waals surface area contributed by atoms with Crippen LogP contribution in [0.25, 0.3) is 6.08 Å². The Morgan fingerprint density at radius 3 is 2.94 bits per heavy atom. The van der Waals surface area contributed by atoms with Gasteiger partial charge in [-0.25, -0.2) is 0 Å². The van der Waals surface area contributed by atoms with Crippen LogP contribution in [0, 0.1) is 0 Å². The summed E-state index contributed by atoms with van der Waals surface area (Å²) in [5.41, 5.74) is 2.11. The highest BCUT2D eigenvalue weighted by Gasteiger charge is 2.23. The molecule has 0 spiro atoms. The topological polar surface area (TPSA) is 33.2 Å². The van der Waals surface area contributed by atoms with Crippen LogP contribution in [0.5, 0.6) is 0 Å². The van der Waals surface area contributed by atoms with Crippen LogP contribution in [0.1, 0.15) is 30.0 Å². The fourth-order valence-corrected chi connectivity index (χ4v) is 2.06. The number of carbonyl (C=O) groups excluding carboxylic acids is 1. The van der Waals surface area contributed by atoms with Gasteiger partial charge in [-0.2, -0.15) is 0 Å². The minimum absolute atomic E-state index is 0.243. The van der Waals surface area contributed by atoms with Crippen molar-refractivity contribution in [1.29, 1.82) is 0 Å². The molecule has 0 N–H and O–H groups in total. The van der Waals surface area contributed by atoms with E-state index in [2.05, 4.69) is 17.6 Å². The van der Waals surface area contributed by atoms with Crippen LogP contribution in [0.4, 0.5) is 0 Å². The number of likely N-dealkylation sites (N-methyl/N-ethyl adjacent to an activating group) is 1. The lowest BCUT2D eigenvalue weighted by molar-refractivity contribution is -0.132. The molecule has 1 aliphatic heterocycles. The van der Waals surface area contributed by atoms with Crippen LogP contribution >= 0.6 is 0 Å². The molecule has 0 bridgehead atoms. The van der Waals surface area contributed by atoms with Gasteiger partial charge in [0, 0.05) is 32.1 Å². The van der Waals surface area contributed by atoms with E-state index in [0.717, 1.165) is 18.7 Å². The second kappa shape index (κ2) is 4.47. The van der Waals surface area contributed by atoms with Gasteiger partial charge in [0.15, 0.2) is 0 Å². The van der Waals surface area contributed by atoms with Gasteiger partial charge in [-0.15, -0.1) is 0 Å². The van der Waals surface area contributed by atoms with E-state index in [0.29, 0.717) is 12.3 Å². The zero-order valence-electron chi connectivity index (χ0n) is 9.52. The first-order chi connectivity index (χ1) is 7.70. The zero-order chi connectivity index (χ0) is 11.5. The summed E-state index contributed by atoms with van der Waals surface area (Å²) in [5, 5.41) is 0. The van der Waals surface area contributed by atoms with Crippen LogP contribution in [0.15, 0.2) is 24.9 Å². The van der Waals surface area contributed by atoms with Crippen LogP contribution in [-0.4, -0.2) is 29.4 Å². The molecule has 1 aliphatic rings. The molecule has 1 saturated heterocycles. The summed E-state index contributed by atoms with van der Waals surface area (Å²) >= 11 is 0. The van der Waals surface area contributed by atoms with Crippen molar-refractivity contribution < 1.29 is 4.79 Å². The third-order valence-corrected chi connectivity index (χ3v) is 3.12. The Morgan fingerprint density at radius 2 is 2.38 bits per heavy atom. The Kier molecular flexibility index (Phi) is 3.04. The molecule has 3 nitrogen and oxygen atoms in total. The lowest BCUT2D eigenvalue weighted by Gasteiger charge is -2.29. The molecule has 2 rings (SSSR count). The molecule has 1 aromatic rings. The minimum atomic E-state index is 0.243. The molecule has 1 aromatic heterocycles. The molecule has 0 unspecified atom stereocenters. The predicted molar refractivity (Wildman–Crippen MR) is 63.9 cm³/mol. The Hall–Kier alpha value is -1.64. The van der Waals surface area contributed by atoms with E-state index in [4.69, 9.17) is 0 Å². The minimum Gasteiger partial charge on any atom is -0.345 e. The lowest BCUT2D eigenvalue weighted by Crippen LogP contribution is -2.35. The largest absolute Gasteiger partial charge is 0.345 e. The highest BCUT2D eigenvalue weighted by Crippen LogP contribution is 2.26. The summed E-state index contributed by atoms with van der Waals surface area (Å²) < 4.78 is 0. The van der Waals surface area contributed by atoms with Gasteiger partial charge in [0.2, 0.25) is 5.91 Å². The maximum absolute atomic E-state index is 11.4. The van der Waals surface area contributed by atoms with E-state index >= 15 is 0 Å². The normalized spacial score (nSPS) is 20.9. The smallest absolute Gasteiger partial charge is 0.222 e. The molecule has 0 radical (unpaired) electrons. The van der Waals surface area contributed by atoms with Gasteiger partial charge < -0.3 is 4.90 Å². The summed E-state index contributed by atoms with van der Waals surface area (Å²) in [6.07, 6.45) is 5.20. The molecule has 1 amide bonds. The summed E-state index contributed by atoms with van der Waals surface area (Å²) in [6.45, 7) is 4.48. The van der Waals surface area contributed by atoms with Gasteiger partial charge in [0.05, 0.1) is 5.69 Å². The summed E-state index contributed by atoms with van der Waals surface area (Å²) in [7, 11) is 1.86. The third-order valence-electron chi connectivity index (χ3n) is 3.12. The van der Waals surface area contributed by atoms with E-state index in [-0.39, 0.29) is 5.91 Å². The molecular weight excluding hydrogens is 200 g/mol. The Labute approximate surface area is 95.8 Å². The number of hydrogen-bond donors (Lipinski definition) is 0. The van der Waals surface area contributed by atoms with Crippen molar-refractivity contribution in [1.82, 2.24) is 9.88 Å². The highest BCUT2D eigenvalue weighted by atomic mass is 16.2. The Balaban J connectivity index is 2.12. The van der Waals surface area contributed by atoms with Gasteiger partial charge in [-0.05, 0) is 24.1 Å². The SMILES string of the molecule is C=Cc1ccc([C@H]2CCC(=O)N(C)C2)cn1. The van der Waals surface area contributed by atoms with Crippen molar-refractivity contribution in [2.45, 2.75) is 18.8 Å². The molecule has 3 heteroatoms. The van der Waals surface area contributed by atoms with Crippen LogP contribution in [0.2, 0.25) is 0 Å². The van der Waals surface area contributed by atoms with Crippen molar-refractivity contribution in [3.63, 3.8) is 0 Å². The van der Waals surface area contributed by atoms with Crippen molar-refractivity contribution in [3.8, 4) is 0 Å². The van der Waals surface area contributed by atoms with Gasteiger partial charge in [0.1, 0.15) is 0 Å². The van der Waals surface area contributed by atoms with Crippen LogP contribution < -0.4 is 0 Å². The van der Waals surface area contributed by atoms with E-state index < -0.39 is 0 Å². The lowest BCUT2D eigenvalue weighted by atomic mass is 9.91. The number of amides is 1. The number of rotatable bonds is 2. The number of pyridine rings is 1. The standard InChI is InChI=1S/C13H16N2O/c1-3-12-6-4-10(8-14-12)11-5-7-13(16)15(2)9-11/h3-4,6,8,11H,1,5,7,9H2,2H3/t11-/m0/s1. The second-order valence-corrected chi connectivity index (χ2v) is 4.23. The monoisotopic (exact) mass is 216 g/mol. The van der Waals surface area contributed by atoms with E-state index in [1.165, 1.54) is 5.56 Å². The molecule has 1 fully saturated rings. The van der Waals surface area contributed by atoms with E-state index in [9.17, 15) is 4.79 Å². The molecule has 0 saturated carbocycles. The number of nitrogens with zero attached hydrogens (tertiary/aromatic N) is 2. The van der Waals surface area contributed by atoms with E-state index in [1.807, 2.05) is 19.3 Å². The second-order valence-electron chi connectivity index (χ2n) is 4.23. The Bertz CT molecular complexity index is 397. The van der Waals surface area contributed by atoms with Crippen molar-refractivity contribution in [2.24, 2.45) is 0 Å². The fourth-order valence-electron chi connectivity index (χ4n) is 2.06. The first-order valence-corrected chi connectivity index (χ1v) is 5.53. The number of carbonyl (C=O) groups is 1. The number of piperidine rings is 1. The van der Waals surface area contributed by atoms with Crippen LogP contribution in [-0.2, 0) is 4.79 Å². The van der Waals surface area contributed by atoms with Gasteiger partial charge in [0.25, 0.3) is 0 Å². The number of likely N-dealkylation sites (tertiary alicyclic amines) is 1. The van der Waals surface area contributed by atoms with Gasteiger partial charge in [-0.1, -0.05) is 12.6 Å². The van der Waals surface area contributed by atoms with Crippen molar-refractivity contribution in [2.75, 3.05) is 13.6 Å². The molecular formula is C13H16N2O. The number of aromatic nitrogens is 1.